The summed E-state index contributed by atoms with van der Waals surface area (Å²) >= 11 is 8.27. The number of ether oxygens (including phenoxy) is 1. The van der Waals surface area contributed by atoms with Crippen molar-refractivity contribution in [2.24, 2.45) is 0 Å². The average Bonchev–Trinajstić information content (AvgIpc) is 3.26. The first-order valence-electron chi connectivity index (χ1n) is 12.2. The van der Waals surface area contributed by atoms with Crippen molar-refractivity contribution in [2.75, 3.05) is 12.4 Å². The summed E-state index contributed by atoms with van der Waals surface area (Å²) in [7, 11) is 0. The lowest BCUT2D eigenvalue weighted by Crippen LogP contribution is -2.15. The van der Waals surface area contributed by atoms with Crippen LogP contribution in [0.3, 0.4) is 0 Å². The second kappa shape index (κ2) is 11.9. The van der Waals surface area contributed by atoms with Crippen LogP contribution in [0.4, 0.5) is 0 Å². The molecule has 0 amide bonds. The maximum Gasteiger partial charge on any atom is 0.310 e. The number of aryl methyl sites for hydroxylation is 2. The van der Waals surface area contributed by atoms with Gasteiger partial charge in [0.1, 0.15) is 12.2 Å². The molecule has 4 aromatic rings. The Labute approximate surface area is 221 Å². The summed E-state index contributed by atoms with van der Waals surface area (Å²) in [4.78, 5) is 12.6. The molecule has 1 N–H and O–H groups in total. The van der Waals surface area contributed by atoms with Crippen LogP contribution in [-0.2, 0) is 11.2 Å². The molecule has 0 aliphatic rings. The number of carbonyl (C=O) groups is 1. The highest BCUT2D eigenvalue weighted by Gasteiger charge is 2.22. The molecular weight excluding hydrogens is 492 g/mol. The van der Waals surface area contributed by atoms with Gasteiger partial charge in [0.15, 0.2) is 0 Å². The number of rotatable bonds is 11. The van der Waals surface area contributed by atoms with Gasteiger partial charge in [0.2, 0.25) is 0 Å². The highest BCUT2D eigenvalue weighted by molar-refractivity contribution is 7.99. The molecule has 2 atom stereocenters. The van der Waals surface area contributed by atoms with E-state index in [1.165, 1.54) is 5.56 Å². The lowest BCUT2D eigenvalue weighted by molar-refractivity contribution is -0.138. The van der Waals surface area contributed by atoms with E-state index in [1.54, 1.807) is 18.7 Å². The minimum atomic E-state index is -0.839. The van der Waals surface area contributed by atoms with Gasteiger partial charge >= 0.3 is 5.97 Å². The van der Waals surface area contributed by atoms with Gasteiger partial charge in [-0.05, 0) is 42.5 Å². The zero-order valence-electron chi connectivity index (χ0n) is 20.8. The Morgan fingerprint density at radius 2 is 1.83 bits per heavy atom. The fraction of sp³-hybridized carbons (Fsp3) is 0.300. The monoisotopic (exact) mass is 522 g/mol. The Morgan fingerprint density at radius 3 is 2.56 bits per heavy atom. The van der Waals surface area contributed by atoms with Gasteiger partial charge < -0.3 is 14.3 Å². The van der Waals surface area contributed by atoms with E-state index in [2.05, 4.69) is 37.3 Å². The number of hydrogen-bond donors (Lipinski definition) is 1. The standard InChI is InChI=1S/C30H31ClO4S/c1-4-10-22-14-9-16-25-26(21-12-6-5-7-13-21)30(35-27(22)25)34-17-23(31)18-36-28-19(2)11-8-15-24(28)20(3)29(32)33/h5-9,11-16,20,23H,4,10,17-18H2,1-3H3,(H,32,33). The van der Waals surface area contributed by atoms with Crippen molar-refractivity contribution in [1.82, 2.24) is 0 Å². The molecule has 1 heterocycles. The molecule has 0 spiro atoms. The molecule has 36 heavy (non-hydrogen) atoms. The highest BCUT2D eigenvalue weighted by Crippen LogP contribution is 2.42. The molecule has 0 radical (unpaired) electrons. The van der Waals surface area contributed by atoms with Crippen LogP contribution in [0.15, 0.2) is 76.0 Å². The molecule has 0 aliphatic carbocycles. The first kappa shape index (κ1) is 26.2. The normalized spacial score (nSPS) is 13.0. The number of carboxylic acid groups (broad SMARTS) is 1. The minimum absolute atomic E-state index is 0.271. The Kier molecular flexibility index (Phi) is 8.65. The van der Waals surface area contributed by atoms with Crippen LogP contribution >= 0.6 is 23.4 Å². The van der Waals surface area contributed by atoms with Crippen LogP contribution < -0.4 is 4.74 Å². The summed E-state index contributed by atoms with van der Waals surface area (Å²) in [6.45, 7) is 6.13. The first-order chi connectivity index (χ1) is 17.4. The van der Waals surface area contributed by atoms with Gasteiger partial charge in [0.25, 0.3) is 5.95 Å². The molecule has 188 valence electrons. The van der Waals surface area contributed by atoms with Crippen LogP contribution in [0.25, 0.3) is 22.1 Å². The third kappa shape index (κ3) is 5.74. The maximum atomic E-state index is 11.6. The van der Waals surface area contributed by atoms with Gasteiger partial charge in [0.05, 0.1) is 16.9 Å². The number of furan rings is 1. The molecule has 1 aromatic heterocycles. The fourth-order valence-electron chi connectivity index (χ4n) is 4.34. The second-order valence-corrected chi connectivity index (χ2v) is 10.6. The van der Waals surface area contributed by atoms with Crippen molar-refractivity contribution in [1.29, 1.82) is 0 Å². The molecule has 2 unspecified atom stereocenters. The van der Waals surface area contributed by atoms with E-state index in [0.717, 1.165) is 51.0 Å². The van der Waals surface area contributed by atoms with Crippen LogP contribution in [0.2, 0.25) is 0 Å². The number of alkyl halides is 1. The first-order valence-corrected chi connectivity index (χ1v) is 13.6. The second-order valence-electron chi connectivity index (χ2n) is 8.95. The predicted molar refractivity (Wildman–Crippen MR) is 149 cm³/mol. The van der Waals surface area contributed by atoms with Gasteiger partial charge in [-0.1, -0.05) is 80.1 Å². The van der Waals surface area contributed by atoms with Crippen molar-refractivity contribution >= 4 is 40.3 Å². The van der Waals surface area contributed by atoms with E-state index in [4.69, 9.17) is 20.8 Å². The molecule has 0 bridgehead atoms. The summed E-state index contributed by atoms with van der Waals surface area (Å²) in [5, 5.41) is 10.2. The maximum absolute atomic E-state index is 11.6. The zero-order chi connectivity index (χ0) is 25.7. The molecule has 4 rings (SSSR count). The lowest BCUT2D eigenvalue weighted by atomic mass is 9.99. The third-order valence-electron chi connectivity index (χ3n) is 6.23. The lowest BCUT2D eigenvalue weighted by Gasteiger charge is -2.17. The largest absolute Gasteiger partial charge is 0.481 e. The van der Waals surface area contributed by atoms with E-state index >= 15 is 0 Å². The Morgan fingerprint density at radius 1 is 1.08 bits per heavy atom. The van der Waals surface area contributed by atoms with Gasteiger partial charge in [-0.25, -0.2) is 0 Å². The smallest absolute Gasteiger partial charge is 0.310 e. The Hall–Kier alpha value is -2.89. The molecule has 0 fully saturated rings. The van der Waals surface area contributed by atoms with Crippen LogP contribution in [0, 0.1) is 6.92 Å². The summed E-state index contributed by atoms with van der Waals surface area (Å²) in [6.07, 6.45) is 1.96. The molecule has 6 heteroatoms. The molecule has 3 aromatic carbocycles. The number of hydrogen-bond acceptors (Lipinski definition) is 4. The average molecular weight is 523 g/mol. The number of thioether (sulfide) groups is 1. The third-order valence-corrected chi connectivity index (χ3v) is 8.11. The summed E-state index contributed by atoms with van der Waals surface area (Å²) in [6, 6.07) is 22.1. The van der Waals surface area contributed by atoms with Crippen molar-refractivity contribution < 1.29 is 19.1 Å². The number of aliphatic carboxylic acids is 1. The Bertz CT molecular complexity index is 1330. The quantitative estimate of drug-likeness (QED) is 0.158. The molecule has 0 saturated heterocycles. The Balaban J connectivity index is 1.54. The minimum Gasteiger partial charge on any atom is -0.481 e. The van der Waals surface area contributed by atoms with Crippen molar-refractivity contribution in [3.05, 3.63) is 83.4 Å². The SMILES string of the molecule is CCCc1cccc2c(-c3ccccc3)c(OCC(Cl)CSc3c(C)cccc3C(C)C(=O)O)oc12. The van der Waals surface area contributed by atoms with Gasteiger partial charge in [-0.2, -0.15) is 0 Å². The van der Waals surface area contributed by atoms with E-state index < -0.39 is 11.9 Å². The van der Waals surface area contributed by atoms with Gasteiger partial charge in [-0.3, -0.25) is 4.79 Å². The number of benzene rings is 3. The van der Waals surface area contributed by atoms with Crippen molar-refractivity contribution in [3.63, 3.8) is 0 Å². The van der Waals surface area contributed by atoms with Crippen molar-refractivity contribution in [2.45, 2.75) is 49.8 Å². The number of halogens is 1. The van der Waals surface area contributed by atoms with Crippen LogP contribution in [-0.4, -0.2) is 28.8 Å². The summed E-state index contributed by atoms with van der Waals surface area (Å²) < 4.78 is 12.5. The summed E-state index contributed by atoms with van der Waals surface area (Å²) in [5.74, 6) is -0.368. The van der Waals surface area contributed by atoms with E-state index in [1.807, 2.05) is 43.3 Å². The highest BCUT2D eigenvalue weighted by atomic mass is 35.5. The fourth-order valence-corrected chi connectivity index (χ4v) is 5.74. The summed E-state index contributed by atoms with van der Waals surface area (Å²) in [5.41, 5.74) is 5.86. The number of fused-ring (bicyclic) bond motifs is 1. The predicted octanol–water partition coefficient (Wildman–Crippen LogP) is 8.33. The van der Waals surface area contributed by atoms with Gasteiger partial charge in [0, 0.05) is 16.0 Å². The molecule has 4 nitrogen and oxygen atoms in total. The van der Waals surface area contributed by atoms with Crippen LogP contribution in [0.1, 0.15) is 42.9 Å². The molecule has 0 saturated carbocycles. The van der Waals surface area contributed by atoms with Gasteiger partial charge in [-0.15, -0.1) is 23.4 Å². The zero-order valence-corrected chi connectivity index (χ0v) is 22.4. The van der Waals surface area contributed by atoms with E-state index in [9.17, 15) is 9.90 Å². The molecule has 0 aliphatic heterocycles. The van der Waals surface area contributed by atoms with Crippen molar-refractivity contribution in [3.8, 4) is 17.1 Å². The number of para-hydroxylation sites is 1. The topological polar surface area (TPSA) is 59.7 Å². The van der Waals surface area contributed by atoms with E-state index in [-0.39, 0.29) is 12.0 Å². The van der Waals surface area contributed by atoms with Crippen LogP contribution in [0.5, 0.6) is 5.95 Å². The van der Waals surface area contributed by atoms with E-state index in [0.29, 0.717) is 11.7 Å². The molecular formula is C30H31ClO4S. The number of carboxylic acids is 1.